The van der Waals surface area contributed by atoms with Gasteiger partial charge in [-0.05, 0) is 64.5 Å². The number of nitrogens with zero attached hydrogens (tertiary/aromatic N) is 1. The summed E-state index contributed by atoms with van der Waals surface area (Å²) in [5, 5.41) is 1.05. The Balaban J connectivity index is 1.52. The number of rotatable bonds is 8. The van der Waals surface area contributed by atoms with Gasteiger partial charge in [-0.2, -0.15) is 0 Å². The van der Waals surface area contributed by atoms with Crippen LogP contribution in [0.15, 0.2) is 111 Å². The van der Waals surface area contributed by atoms with Gasteiger partial charge in [0.2, 0.25) is 0 Å². The van der Waals surface area contributed by atoms with Crippen molar-refractivity contribution in [1.82, 2.24) is 4.57 Å². The summed E-state index contributed by atoms with van der Waals surface area (Å²) in [6, 6.07) is 27.0. The summed E-state index contributed by atoms with van der Waals surface area (Å²) in [6.45, 7) is 0.0527. The van der Waals surface area contributed by atoms with Gasteiger partial charge in [-0.1, -0.05) is 70.5 Å². The fraction of sp³-hybridized carbons (Fsp3) is 0.121. The number of carbonyl (C=O) groups excluding carboxylic acids is 2. The average molecular weight is 661 g/mol. The van der Waals surface area contributed by atoms with Crippen molar-refractivity contribution in [2.45, 2.75) is 17.2 Å². The van der Waals surface area contributed by atoms with Crippen molar-refractivity contribution in [3.05, 3.63) is 134 Å². The third kappa shape index (κ3) is 6.16. The van der Waals surface area contributed by atoms with Gasteiger partial charge in [0, 0.05) is 15.4 Å². The highest BCUT2D eigenvalue weighted by Crippen LogP contribution is 2.33. The second-order valence-corrected chi connectivity index (χ2v) is 12.7. The van der Waals surface area contributed by atoms with E-state index in [9.17, 15) is 22.8 Å². The number of hydrogen-bond acceptors (Lipinski definition) is 7. The molecule has 4 aromatic carbocycles. The normalized spacial score (nSPS) is 11.3. The van der Waals surface area contributed by atoms with E-state index in [1.165, 1.54) is 43.1 Å². The molecule has 0 aliphatic heterocycles. The molecule has 0 unspecified atom stereocenters. The zero-order chi connectivity index (χ0) is 30.7. The standard InChI is InChI=1S/C33H26BrNO7S/c1-41-32(37)24-12-15-26(16-13-24)43(39,40)20-22-10-8-21(9-11-22)19-35-30(33(38)42-2)29(23-6-4-3-5-7-23)28-18-25(34)14-17-27(28)31(35)36/h3-18H,19-20H2,1-2H3. The first-order chi connectivity index (χ1) is 20.6. The van der Waals surface area contributed by atoms with Gasteiger partial charge in [0.15, 0.2) is 9.84 Å². The molecule has 8 nitrogen and oxygen atoms in total. The summed E-state index contributed by atoms with van der Waals surface area (Å²) in [7, 11) is -1.17. The van der Waals surface area contributed by atoms with Crippen LogP contribution in [0.3, 0.4) is 0 Å². The first-order valence-electron chi connectivity index (χ1n) is 13.1. The molecule has 0 amide bonds. The Morgan fingerprint density at radius 1 is 0.767 bits per heavy atom. The van der Waals surface area contributed by atoms with Crippen LogP contribution in [0.2, 0.25) is 0 Å². The number of aromatic nitrogens is 1. The Kier molecular flexibility index (Phi) is 8.61. The Hall–Kier alpha value is -4.54. The first-order valence-corrected chi connectivity index (χ1v) is 15.6. The van der Waals surface area contributed by atoms with Crippen LogP contribution in [0.25, 0.3) is 21.9 Å². The Bertz CT molecular complexity index is 2000. The summed E-state index contributed by atoms with van der Waals surface area (Å²) in [5.74, 6) is -1.47. The molecule has 0 fully saturated rings. The van der Waals surface area contributed by atoms with Gasteiger partial charge in [-0.25, -0.2) is 18.0 Å². The van der Waals surface area contributed by atoms with Crippen LogP contribution in [0.4, 0.5) is 0 Å². The van der Waals surface area contributed by atoms with E-state index < -0.39 is 21.8 Å². The maximum absolute atomic E-state index is 13.8. The molecule has 0 aliphatic rings. The van der Waals surface area contributed by atoms with Gasteiger partial charge in [0.25, 0.3) is 5.56 Å². The van der Waals surface area contributed by atoms with E-state index in [0.717, 1.165) is 10.0 Å². The van der Waals surface area contributed by atoms with E-state index >= 15 is 0 Å². The second-order valence-electron chi connectivity index (χ2n) is 9.75. The summed E-state index contributed by atoms with van der Waals surface area (Å²) in [4.78, 5) is 38.8. The SMILES string of the molecule is COC(=O)c1ccc(S(=O)(=O)Cc2ccc(Cn3c(C(=O)OC)c(-c4ccccc4)c4cc(Br)ccc4c3=O)cc2)cc1. The van der Waals surface area contributed by atoms with E-state index in [4.69, 9.17) is 4.74 Å². The number of benzene rings is 4. The van der Waals surface area contributed by atoms with E-state index in [1.54, 1.807) is 36.4 Å². The van der Waals surface area contributed by atoms with E-state index in [1.807, 2.05) is 36.4 Å². The molecule has 0 spiro atoms. The van der Waals surface area contributed by atoms with Crippen LogP contribution in [-0.4, -0.2) is 39.1 Å². The molecule has 0 aliphatic carbocycles. The predicted molar refractivity (Wildman–Crippen MR) is 167 cm³/mol. The van der Waals surface area contributed by atoms with Crippen molar-refractivity contribution in [2.75, 3.05) is 14.2 Å². The van der Waals surface area contributed by atoms with Gasteiger partial charge in [-0.15, -0.1) is 0 Å². The molecule has 0 radical (unpaired) electrons. The quantitative estimate of drug-likeness (QED) is 0.187. The lowest BCUT2D eigenvalue weighted by molar-refractivity contribution is 0.0584. The lowest BCUT2D eigenvalue weighted by atomic mass is 9.96. The number of carbonyl (C=O) groups is 2. The monoisotopic (exact) mass is 659 g/mol. The van der Waals surface area contributed by atoms with Gasteiger partial charge in [0.1, 0.15) is 5.69 Å². The number of fused-ring (bicyclic) bond motifs is 1. The minimum atomic E-state index is -3.70. The van der Waals surface area contributed by atoms with Crippen LogP contribution in [0, 0.1) is 0 Å². The number of sulfone groups is 1. The van der Waals surface area contributed by atoms with E-state index in [2.05, 4.69) is 20.7 Å². The Labute approximate surface area is 256 Å². The van der Waals surface area contributed by atoms with Crippen molar-refractivity contribution < 1.29 is 27.5 Å². The van der Waals surface area contributed by atoms with Gasteiger partial charge < -0.3 is 9.47 Å². The number of hydrogen-bond donors (Lipinski definition) is 0. The highest BCUT2D eigenvalue weighted by Gasteiger charge is 2.24. The number of ether oxygens (including phenoxy) is 2. The van der Waals surface area contributed by atoms with Gasteiger partial charge in [-0.3, -0.25) is 9.36 Å². The van der Waals surface area contributed by atoms with Crippen LogP contribution in [0.5, 0.6) is 0 Å². The lowest BCUT2D eigenvalue weighted by Gasteiger charge is -2.19. The van der Waals surface area contributed by atoms with Crippen molar-refractivity contribution in [3.63, 3.8) is 0 Å². The average Bonchev–Trinajstić information content (AvgIpc) is 3.02. The summed E-state index contributed by atoms with van der Waals surface area (Å²) in [5.41, 5.74) is 2.56. The molecular formula is C33H26BrNO7S. The lowest BCUT2D eigenvalue weighted by Crippen LogP contribution is -2.28. The third-order valence-corrected chi connectivity index (χ3v) is 9.23. The molecule has 1 heterocycles. The topological polar surface area (TPSA) is 109 Å². The summed E-state index contributed by atoms with van der Waals surface area (Å²) in [6.07, 6.45) is 0. The highest BCUT2D eigenvalue weighted by atomic mass is 79.9. The van der Waals surface area contributed by atoms with Crippen molar-refractivity contribution in [2.24, 2.45) is 0 Å². The molecule has 10 heteroatoms. The van der Waals surface area contributed by atoms with Crippen LogP contribution < -0.4 is 5.56 Å². The second kappa shape index (κ2) is 12.4. The largest absolute Gasteiger partial charge is 0.465 e. The minimum absolute atomic E-state index is 0.0527. The zero-order valence-electron chi connectivity index (χ0n) is 23.2. The summed E-state index contributed by atoms with van der Waals surface area (Å²) < 4.78 is 38.0. The summed E-state index contributed by atoms with van der Waals surface area (Å²) >= 11 is 3.48. The molecule has 43 heavy (non-hydrogen) atoms. The molecule has 1 aromatic heterocycles. The fourth-order valence-electron chi connectivity index (χ4n) is 4.92. The molecule has 0 N–H and O–H groups in total. The first kappa shape index (κ1) is 29.9. The van der Waals surface area contributed by atoms with Crippen LogP contribution in [0.1, 0.15) is 32.0 Å². The highest BCUT2D eigenvalue weighted by molar-refractivity contribution is 9.10. The van der Waals surface area contributed by atoms with E-state index in [0.29, 0.717) is 27.5 Å². The van der Waals surface area contributed by atoms with Gasteiger partial charge in [0.05, 0.1) is 37.0 Å². The predicted octanol–water partition coefficient (Wildman–Crippen LogP) is 6.03. The van der Waals surface area contributed by atoms with Crippen molar-refractivity contribution >= 4 is 48.5 Å². The Morgan fingerprint density at radius 2 is 1.40 bits per heavy atom. The fourth-order valence-corrected chi connectivity index (χ4v) is 6.63. The third-order valence-electron chi connectivity index (χ3n) is 7.03. The molecule has 0 bridgehead atoms. The zero-order valence-corrected chi connectivity index (χ0v) is 25.6. The maximum atomic E-state index is 13.8. The van der Waals surface area contributed by atoms with Crippen LogP contribution in [-0.2, 0) is 31.6 Å². The van der Waals surface area contributed by atoms with Gasteiger partial charge >= 0.3 is 11.9 Å². The molecule has 5 rings (SSSR count). The van der Waals surface area contributed by atoms with Crippen molar-refractivity contribution in [1.29, 1.82) is 0 Å². The smallest absolute Gasteiger partial charge is 0.355 e. The molecule has 0 atom stereocenters. The number of halogens is 1. The number of pyridine rings is 1. The number of esters is 2. The molecular weight excluding hydrogens is 634 g/mol. The Morgan fingerprint density at radius 3 is 2.02 bits per heavy atom. The maximum Gasteiger partial charge on any atom is 0.355 e. The molecule has 0 saturated heterocycles. The van der Waals surface area contributed by atoms with E-state index in [-0.39, 0.29) is 34.0 Å². The van der Waals surface area contributed by atoms with Crippen LogP contribution >= 0.6 is 15.9 Å². The number of methoxy groups -OCH3 is 2. The van der Waals surface area contributed by atoms with Crippen molar-refractivity contribution in [3.8, 4) is 11.1 Å². The minimum Gasteiger partial charge on any atom is -0.465 e. The molecule has 218 valence electrons. The molecule has 5 aromatic rings. The molecule has 0 saturated carbocycles.